The van der Waals surface area contributed by atoms with Crippen molar-refractivity contribution >= 4 is 12.3 Å². The molecular weight excluding hydrogens is 304 g/mol. The molecule has 1 aliphatic rings. The van der Waals surface area contributed by atoms with Crippen molar-refractivity contribution in [2.24, 2.45) is 10.9 Å². The highest BCUT2D eigenvalue weighted by Crippen LogP contribution is 2.28. The van der Waals surface area contributed by atoms with Crippen LogP contribution in [-0.4, -0.2) is 53.5 Å². The van der Waals surface area contributed by atoms with Gasteiger partial charge in [0.25, 0.3) is 5.88 Å². The van der Waals surface area contributed by atoms with E-state index in [1.807, 2.05) is 6.92 Å². The van der Waals surface area contributed by atoms with Crippen molar-refractivity contribution in [1.82, 2.24) is 10.2 Å². The molecule has 0 saturated heterocycles. The largest absolute Gasteiger partial charge is 0.490 e. The molecule has 0 amide bonds. The smallest absolute Gasteiger partial charge is 0.331 e. The Morgan fingerprint density at radius 3 is 2.83 bits per heavy atom. The molecule has 9 nitrogen and oxygen atoms in total. The zero-order valence-corrected chi connectivity index (χ0v) is 13.5. The van der Waals surface area contributed by atoms with Gasteiger partial charge in [0.05, 0.1) is 17.9 Å². The van der Waals surface area contributed by atoms with Gasteiger partial charge < -0.3 is 20.1 Å². The molecule has 1 heterocycles. The van der Waals surface area contributed by atoms with Crippen molar-refractivity contribution in [3.05, 3.63) is 34.0 Å². The van der Waals surface area contributed by atoms with Crippen LogP contribution in [-0.2, 0) is 9.53 Å². The van der Waals surface area contributed by atoms with Gasteiger partial charge in [0, 0.05) is 19.3 Å². The maximum Gasteiger partial charge on any atom is 0.331 e. The summed E-state index contributed by atoms with van der Waals surface area (Å²) in [4.78, 5) is 28.0. The van der Waals surface area contributed by atoms with E-state index in [2.05, 4.69) is 16.9 Å². The van der Waals surface area contributed by atoms with E-state index in [0.717, 1.165) is 11.3 Å². The van der Waals surface area contributed by atoms with E-state index in [-0.39, 0.29) is 12.3 Å². The van der Waals surface area contributed by atoms with E-state index in [0.29, 0.717) is 6.54 Å². The number of nitrogens with zero attached hydrogens (tertiary/aromatic N) is 3. The lowest BCUT2D eigenvalue weighted by molar-refractivity contribution is -0.434. The first-order chi connectivity index (χ1) is 10.8. The summed E-state index contributed by atoms with van der Waals surface area (Å²) in [6.45, 7) is 8.02. The molecule has 0 aromatic rings. The molecular formula is C14H22N4O5. The van der Waals surface area contributed by atoms with Gasteiger partial charge in [-0.05, 0) is 13.3 Å². The van der Waals surface area contributed by atoms with Gasteiger partial charge in [-0.1, -0.05) is 13.5 Å². The standard InChI is InChI=1S/C14H22N4O5/c1-5-7-15-9(3)10(14(20)23-6-2)11-12(18(21)22)13(19)17(4)8-16-11/h8,10-11,15,19H,3,5-7H2,1-2,4H3. The lowest BCUT2D eigenvalue weighted by Gasteiger charge is -2.27. The molecule has 0 aliphatic carbocycles. The topological polar surface area (TPSA) is 117 Å². The second kappa shape index (κ2) is 8.16. The third-order valence-electron chi connectivity index (χ3n) is 3.27. The lowest BCUT2D eigenvalue weighted by Crippen LogP contribution is -2.42. The summed E-state index contributed by atoms with van der Waals surface area (Å²) in [6.07, 6.45) is 2.01. The molecule has 9 heteroatoms. The molecule has 1 rings (SSSR count). The molecule has 0 aromatic heterocycles. The van der Waals surface area contributed by atoms with Gasteiger partial charge >= 0.3 is 11.7 Å². The third-order valence-corrected chi connectivity index (χ3v) is 3.27. The van der Waals surface area contributed by atoms with E-state index < -0.39 is 34.4 Å². The number of aliphatic hydroxyl groups is 1. The number of aliphatic imine (C=N–C) groups is 1. The normalized spacial score (nSPS) is 18.6. The summed E-state index contributed by atoms with van der Waals surface area (Å²) < 4.78 is 4.99. The van der Waals surface area contributed by atoms with Crippen LogP contribution in [0.2, 0.25) is 0 Å². The van der Waals surface area contributed by atoms with Crippen LogP contribution in [0.4, 0.5) is 0 Å². The predicted octanol–water partition coefficient (Wildman–Crippen LogP) is 1.03. The zero-order chi connectivity index (χ0) is 17.6. The van der Waals surface area contributed by atoms with Gasteiger partial charge in [0.1, 0.15) is 5.92 Å². The number of hydrogen-bond acceptors (Lipinski definition) is 8. The minimum absolute atomic E-state index is 0.121. The van der Waals surface area contributed by atoms with Crippen molar-refractivity contribution in [3.63, 3.8) is 0 Å². The number of nitro groups is 1. The molecule has 0 aromatic carbocycles. The molecule has 0 spiro atoms. The molecule has 128 valence electrons. The number of esters is 1. The van der Waals surface area contributed by atoms with E-state index in [9.17, 15) is 20.0 Å². The number of rotatable bonds is 8. The Balaban J connectivity index is 3.23. The SMILES string of the molecule is C=C(NCCC)C(C(=O)OCC)C1N=CN(C)C(O)=C1[N+](=O)[O-]. The Bertz CT molecular complexity index is 543. The van der Waals surface area contributed by atoms with E-state index in [1.165, 1.54) is 13.4 Å². The fourth-order valence-corrected chi connectivity index (χ4v) is 2.13. The van der Waals surface area contributed by atoms with Crippen LogP contribution in [0.1, 0.15) is 20.3 Å². The van der Waals surface area contributed by atoms with Crippen LogP contribution in [0.5, 0.6) is 0 Å². The highest BCUT2D eigenvalue weighted by atomic mass is 16.6. The summed E-state index contributed by atoms with van der Waals surface area (Å²) >= 11 is 0. The van der Waals surface area contributed by atoms with Gasteiger partial charge in [-0.3, -0.25) is 19.9 Å². The fraction of sp³-hybridized carbons (Fsp3) is 0.571. The third kappa shape index (κ3) is 4.21. The highest BCUT2D eigenvalue weighted by Gasteiger charge is 2.44. The monoisotopic (exact) mass is 326 g/mol. The number of hydrogen-bond donors (Lipinski definition) is 2. The minimum Gasteiger partial charge on any atom is -0.490 e. The van der Waals surface area contributed by atoms with Gasteiger partial charge in [-0.25, -0.2) is 0 Å². The number of aliphatic hydroxyl groups excluding tert-OH is 1. The summed E-state index contributed by atoms with van der Waals surface area (Å²) in [5.74, 6) is -2.35. The Morgan fingerprint density at radius 1 is 1.65 bits per heavy atom. The molecule has 2 unspecified atom stereocenters. The molecule has 0 fully saturated rings. The molecule has 1 aliphatic heterocycles. The molecule has 0 radical (unpaired) electrons. The number of carbonyl (C=O) groups is 1. The van der Waals surface area contributed by atoms with E-state index in [4.69, 9.17) is 4.74 Å². The van der Waals surface area contributed by atoms with Crippen LogP contribution in [0.15, 0.2) is 28.8 Å². The second-order valence-electron chi connectivity index (χ2n) is 4.97. The Kier molecular flexibility index (Phi) is 6.55. The zero-order valence-electron chi connectivity index (χ0n) is 13.5. The van der Waals surface area contributed by atoms with E-state index >= 15 is 0 Å². The van der Waals surface area contributed by atoms with Crippen LogP contribution in [0, 0.1) is 16.0 Å². The quantitative estimate of drug-likeness (QED) is 0.388. The first-order valence-electron chi connectivity index (χ1n) is 7.28. The minimum atomic E-state index is -1.21. The second-order valence-corrected chi connectivity index (χ2v) is 4.97. The van der Waals surface area contributed by atoms with Crippen LogP contribution < -0.4 is 5.32 Å². The maximum absolute atomic E-state index is 12.3. The highest BCUT2D eigenvalue weighted by molar-refractivity contribution is 5.78. The summed E-state index contributed by atoms with van der Waals surface area (Å²) in [7, 11) is 1.42. The van der Waals surface area contributed by atoms with Crippen LogP contribution in [0.25, 0.3) is 0 Å². The Hall–Kier alpha value is -2.58. The molecule has 0 bridgehead atoms. The average Bonchev–Trinajstić information content (AvgIpc) is 2.49. The number of ether oxygens (including phenoxy) is 1. The maximum atomic E-state index is 12.3. The van der Waals surface area contributed by atoms with Gasteiger partial charge in [-0.15, -0.1) is 0 Å². The number of nitrogens with one attached hydrogen (secondary N) is 1. The fourth-order valence-electron chi connectivity index (χ4n) is 2.13. The van der Waals surface area contributed by atoms with E-state index in [1.54, 1.807) is 6.92 Å². The van der Waals surface area contributed by atoms with Crippen molar-refractivity contribution in [1.29, 1.82) is 0 Å². The Morgan fingerprint density at radius 2 is 2.30 bits per heavy atom. The van der Waals surface area contributed by atoms with Crippen LogP contribution in [0.3, 0.4) is 0 Å². The lowest BCUT2D eigenvalue weighted by atomic mass is 9.93. The van der Waals surface area contributed by atoms with Crippen molar-refractivity contribution in [2.45, 2.75) is 26.3 Å². The molecule has 2 N–H and O–H groups in total. The Labute approximate surface area is 134 Å². The summed E-state index contributed by atoms with van der Waals surface area (Å²) in [5.41, 5.74) is -0.295. The van der Waals surface area contributed by atoms with Crippen molar-refractivity contribution < 1.29 is 19.6 Å². The van der Waals surface area contributed by atoms with Crippen LogP contribution >= 0.6 is 0 Å². The van der Waals surface area contributed by atoms with Gasteiger partial charge in [-0.2, -0.15) is 0 Å². The molecule has 23 heavy (non-hydrogen) atoms. The first-order valence-corrected chi connectivity index (χ1v) is 7.28. The first kappa shape index (κ1) is 18.5. The molecule has 0 saturated carbocycles. The van der Waals surface area contributed by atoms with Crippen molar-refractivity contribution in [3.8, 4) is 0 Å². The molecule has 2 atom stereocenters. The summed E-state index contributed by atoms with van der Waals surface area (Å²) in [6, 6.07) is -1.21. The average molecular weight is 326 g/mol. The van der Waals surface area contributed by atoms with Gasteiger partial charge in [0.15, 0.2) is 6.04 Å². The summed E-state index contributed by atoms with van der Waals surface area (Å²) in [5, 5.41) is 24.2. The van der Waals surface area contributed by atoms with Gasteiger partial charge in [0.2, 0.25) is 0 Å². The van der Waals surface area contributed by atoms with Crippen molar-refractivity contribution in [2.75, 3.05) is 20.2 Å². The predicted molar refractivity (Wildman–Crippen MR) is 84.2 cm³/mol. The number of carbonyl (C=O) groups excluding carboxylic acids is 1.